The van der Waals surface area contributed by atoms with Crippen molar-refractivity contribution in [3.05, 3.63) is 30.1 Å². The van der Waals surface area contributed by atoms with E-state index in [9.17, 15) is 4.79 Å². The van der Waals surface area contributed by atoms with Crippen LogP contribution in [-0.2, 0) is 11.2 Å². The second-order valence-corrected chi connectivity index (χ2v) is 4.05. The number of pyridine rings is 1. The van der Waals surface area contributed by atoms with E-state index in [1.807, 2.05) is 12.1 Å². The van der Waals surface area contributed by atoms with Gasteiger partial charge in [0.15, 0.2) is 0 Å². The Balaban J connectivity index is 1.70. The van der Waals surface area contributed by atoms with Crippen molar-refractivity contribution in [3.8, 4) is 0 Å². The first kappa shape index (κ1) is 11.1. The van der Waals surface area contributed by atoms with Crippen LogP contribution in [-0.4, -0.2) is 30.0 Å². The van der Waals surface area contributed by atoms with Crippen molar-refractivity contribution in [3.63, 3.8) is 0 Å². The zero-order valence-electron chi connectivity index (χ0n) is 9.28. The van der Waals surface area contributed by atoms with Gasteiger partial charge in [-0.2, -0.15) is 0 Å². The molecule has 2 rings (SSSR count). The number of rotatable bonds is 4. The van der Waals surface area contributed by atoms with Crippen molar-refractivity contribution in [1.82, 2.24) is 15.6 Å². The van der Waals surface area contributed by atoms with E-state index < -0.39 is 0 Å². The fourth-order valence-corrected chi connectivity index (χ4v) is 1.91. The predicted molar refractivity (Wildman–Crippen MR) is 62.0 cm³/mol. The zero-order chi connectivity index (χ0) is 11.2. The maximum absolute atomic E-state index is 11.6. The molecule has 86 valence electrons. The Morgan fingerprint density at radius 1 is 1.50 bits per heavy atom. The van der Waals surface area contributed by atoms with Gasteiger partial charge in [-0.15, -0.1) is 0 Å². The van der Waals surface area contributed by atoms with Crippen LogP contribution in [0.15, 0.2) is 24.5 Å². The minimum Gasteiger partial charge on any atom is -0.354 e. The van der Waals surface area contributed by atoms with Crippen molar-refractivity contribution in [2.45, 2.75) is 25.3 Å². The van der Waals surface area contributed by atoms with Crippen LogP contribution < -0.4 is 10.6 Å². The summed E-state index contributed by atoms with van der Waals surface area (Å²) in [5.41, 5.74) is 1.20. The molecular weight excluding hydrogens is 202 g/mol. The lowest BCUT2D eigenvalue weighted by atomic mass is 10.2. The molecule has 1 aromatic rings. The van der Waals surface area contributed by atoms with Crippen LogP contribution in [0.25, 0.3) is 0 Å². The molecule has 1 aromatic heterocycles. The lowest BCUT2D eigenvalue weighted by molar-refractivity contribution is -0.122. The van der Waals surface area contributed by atoms with Crippen molar-refractivity contribution in [1.29, 1.82) is 0 Å². The molecule has 0 bridgehead atoms. The summed E-state index contributed by atoms with van der Waals surface area (Å²) in [6, 6.07) is 3.97. The Morgan fingerprint density at radius 2 is 2.31 bits per heavy atom. The van der Waals surface area contributed by atoms with Crippen molar-refractivity contribution in [2.75, 3.05) is 13.1 Å². The molecule has 0 saturated carbocycles. The first-order valence-electron chi connectivity index (χ1n) is 5.76. The maximum Gasteiger partial charge on any atom is 0.237 e. The Bertz CT molecular complexity index is 333. The molecule has 2 heterocycles. The minimum absolute atomic E-state index is 0.0254. The number of carbonyl (C=O) groups is 1. The third-order valence-electron chi connectivity index (χ3n) is 2.84. The summed E-state index contributed by atoms with van der Waals surface area (Å²) >= 11 is 0. The van der Waals surface area contributed by atoms with Crippen LogP contribution in [0.2, 0.25) is 0 Å². The smallest absolute Gasteiger partial charge is 0.237 e. The first-order valence-corrected chi connectivity index (χ1v) is 5.76. The number of amides is 1. The largest absolute Gasteiger partial charge is 0.354 e. The van der Waals surface area contributed by atoms with Gasteiger partial charge >= 0.3 is 0 Å². The standard InChI is InChI=1S/C12H17N3O/c16-12(11-2-1-6-14-11)15-9-5-10-3-7-13-8-4-10/h3-4,7-8,11,14H,1-2,5-6,9H2,(H,15,16)/t11-/m0/s1. The first-order chi connectivity index (χ1) is 7.86. The quantitative estimate of drug-likeness (QED) is 0.775. The second kappa shape index (κ2) is 5.61. The van der Waals surface area contributed by atoms with E-state index in [0.717, 1.165) is 25.8 Å². The Kier molecular flexibility index (Phi) is 3.88. The number of nitrogens with zero attached hydrogens (tertiary/aromatic N) is 1. The number of hydrogen-bond donors (Lipinski definition) is 2. The zero-order valence-corrected chi connectivity index (χ0v) is 9.28. The van der Waals surface area contributed by atoms with Crippen molar-refractivity contribution < 1.29 is 4.79 Å². The van der Waals surface area contributed by atoms with Crippen LogP contribution in [0.4, 0.5) is 0 Å². The van der Waals surface area contributed by atoms with Crippen LogP contribution >= 0.6 is 0 Å². The lowest BCUT2D eigenvalue weighted by Crippen LogP contribution is -2.41. The molecule has 0 spiro atoms. The van der Waals surface area contributed by atoms with Gasteiger partial charge in [-0.05, 0) is 43.5 Å². The topological polar surface area (TPSA) is 54.0 Å². The maximum atomic E-state index is 11.6. The Hall–Kier alpha value is -1.42. The molecule has 1 saturated heterocycles. The summed E-state index contributed by atoms with van der Waals surface area (Å²) in [6.45, 7) is 1.66. The molecule has 0 aromatic carbocycles. The van der Waals surface area contributed by atoms with E-state index in [4.69, 9.17) is 0 Å². The van der Waals surface area contributed by atoms with Gasteiger partial charge in [-0.25, -0.2) is 0 Å². The molecule has 0 radical (unpaired) electrons. The molecule has 1 fully saturated rings. The fraction of sp³-hybridized carbons (Fsp3) is 0.500. The van der Waals surface area contributed by atoms with Crippen LogP contribution in [0, 0.1) is 0 Å². The third-order valence-corrected chi connectivity index (χ3v) is 2.84. The van der Waals surface area contributed by atoms with Gasteiger partial charge in [0.25, 0.3) is 0 Å². The predicted octanol–water partition coefficient (Wildman–Crippen LogP) is 0.492. The summed E-state index contributed by atoms with van der Waals surface area (Å²) < 4.78 is 0. The number of nitrogens with one attached hydrogen (secondary N) is 2. The molecule has 0 aliphatic carbocycles. The van der Waals surface area contributed by atoms with Crippen LogP contribution in [0.3, 0.4) is 0 Å². The monoisotopic (exact) mass is 219 g/mol. The van der Waals surface area contributed by atoms with Gasteiger partial charge < -0.3 is 10.6 Å². The summed E-state index contributed by atoms with van der Waals surface area (Å²) in [7, 11) is 0. The van der Waals surface area contributed by atoms with E-state index in [1.54, 1.807) is 12.4 Å². The van der Waals surface area contributed by atoms with E-state index in [1.165, 1.54) is 5.56 Å². The Labute approximate surface area is 95.5 Å². The molecule has 2 N–H and O–H groups in total. The highest BCUT2D eigenvalue weighted by atomic mass is 16.2. The van der Waals surface area contributed by atoms with E-state index in [-0.39, 0.29) is 11.9 Å². The number of aromatic nitrogens is 1. The molecule has 1 amide bonds. The number of carbonyl (C=O) groups excluding carboxylic acids is 1. The van der Waals surface area contributed by atoms with E-state index in [0.29, 0.717) is 6.54 Å². The molecule has 1 aliphatic heterocycles. The van der Waals surface area contributed by atoms with E-state index >= 15 is 0 Å². The van der Waals surface area contributed by atoms with Gasteiger partial charge in [-0.3, -0.25) is 9.78 Å². The second-order valence-electron chi connectivity index (χ2n) is 4.05. The average molecular weight is 219 g/mol. The fourth-order valence-electron chi connectivity index (χ4n) is 1.91. The average Bonchev–Trinajstić information content (AvgIpc) is 2.84. The molecule has 1 atom stereocenters. The SMILES string of the molecule is O=C(NCCc1ccncc1)[C@@H]1CCCN1. The Morgan fingerprint density at radius 3 is 3.00 bits per heavy atom. The highest BCUT2D eigenvalue weighted by Crippen LogP contribution is 2.04. The molecule has 4 heteroatoms. The normalized spacial score (nSPS) is 19.6. The van der Waals surface area contributed by atoms with Crippen molar-refractivity contribution >= 4 is 5.91 Å². The van der Waals surface area contributed by atoms with Gasteiger partial charge in [-0.1, -0.05) is 0 Å². The summed E-state index contributed by atoms with van der Waals surface area (Å²) in [4.78, 5) is 15.6. The molecule has 0 unspecified atom stereocenters. The summed E-state index contributed by atoms with van der Waals surface area (Å²) in [5, 5.41) is 6.13. The third kappa shape index (κ3) is 3.03. The lowest BCUT2D eigenvalue weighted by Gasteiger charge is -2.10. The highest BCUT2D eigenvalue weighted by molar-refractivity contribution is 5.81. The minimum atomic E-state index is 0.0254. The summed E-state index contributed by atoms with van der Waals surface area (Å²) in [6.07, 6.45) is 6.47. The molecule has 4 nitrogen and oxygen atoms in total. The van der Waals surface area contributed by atoms with E-state index in [2.05, 4.69) is 15.6 Å². The summed E-state index contributed by atoms with van der Waals surface area (Å²) in [5.74, 6) is 0.131. The van der Waals surface area contributed by atoms with Gasteiger partial charge in [0.1, 0.15) is 0 Å². The van der Waals surface area contributed by atoms with Gasteiger partial charge in [0, 0.05) is 18.9 Å². The molecule has 16 heavy (non-hydrogen) atoms. The van der Waals surface area contributed by atoms with Crippen molar-refractivity contribution in [2.24, 2.45) is 0 Å². The van der Waals surface area contributed by atoms with Gasteiger partial charge in [0.05, 0.1) is 6.04 Å². The van der Waals surface area contributed by atoms with Crippen LogP contribution in [0.1, 0.15) is 18.4 Å². The molecular formula is C12H17N3O. The highest BCUT2D eigenvalue weighted by Gasteiger charge is 2.20. The van der Waals surface area contributed by atoms with Crippen LogP contribution in [0.5, 0.6) is 0 Å². The number of hydrogen-bond acceptors (Lipinski definition) is 3. The van der Waals surface area contributed by atoms with Gasteiger partial charge in [0.2, 0.25) is 5.91 Å². The molecule has 1 aliphatic rings.